The van der Waals surface area contributed by atoms with Crippen LogP contribution in [0.15, 0.2) is 18.8 Å². The summed E-state index contributed by atoms with van der Waals surface area (Å²) in [5, 5.41) is 12.2. The van der Waals surface area contributed by atoms with E-state index in [-0.39, 0.29) is 5.16 Å². The lowest BCUT2D eigenvalue weighted by atomic mass is 10.3. The summed E-state index contributed by atoms with van der Waals surface area (Å²) in [5.74, 6) is 0.433. The van der Waals surface area contributed by atoms with Gasteiger partial charge in [0.2, 0.25) is 0 Å². The molecule has 2 heterocycles. The maximum Gasteiger partial charge on any atom is 0.273 e. The number of primary sulfonamides is 1. The van der Waals surface area contributed by atoms with Crippen molar-refractivity contribution in [1.29, 1.82) is 0 Å². The van der Waals surface area contributed by atoms with Crippen LogP contribution in [0.2, 0.25) is 0 Å². The van der Waals surface area contributed by atoms with Crippen LogP contribution in [0.5, 0.6) is 0 Å². The van der Waals surface area contributed by atoms with Crippen molar-refractivity contribution in [3.8, 4) is 11.4 Å². The molecule has 0 amide bonds. The summed E-state index contributed by atoms with van der Waals surface area (Å²) in [7, 11) is -2.31. The number of nitrogens with zero attached hydrogens (tertiary/aromatic N) is 3. The lowest BCUT2D eigenvalue weighted by molar-refractivity contribution is 0.580. The number of hydrogen-bond acceptors (Lipinski definition) is 5. The lowest BCUT2D eigenvalue weighted by Gasteiger charge is -2.00. The predicted octanol–water partition coefficient (Wildman–Crippen LogP) is 1.72. The highest BCUT2D eigenvalue weighted by molar-refractivity contribution is 9.12. The highest BCUT2D eigenvalue weighted by Crippen LogP contribution is 2.37. The lowest BCUT2D eigenvalue weighted by Crippen LogP contribution is -2.17. The Morgan fingerprint density at radius 3 is 2.47 bits per heavy atom. The van der Waals surface area contributed by atoms with Crippen molar-refractivity contribution in [1.82, 2.24) is 14.8 Å². The van der Waals surface area contributed by atoms with E-state index in [9.17, 15) is 8.42 Å². The molecule has 10 heteroatoms. The molecular weight excluding hydrogens is 396 g/mol. The van der Waals surface area contributed by atoms with Crippen molar-refractivity contribution in [3.63, 3.8) is 0 Å². The second kappa shape index (κ2) is 4.43. The van der Waals surface area contributed by atoms with Crippen LogP contribution in [-0.4, -0.2) is 23.2 Å². The highest BCUT2D eigenvalue weighted by atomic mass is 79.9. The SMILES string of the molecule is Cn1c(-c2cc(Br)sc2Br)nnc1S(N)(=O)=O. The monoisotopic (exact) mass is 400 g/mol. The third-order valence-corrected chi connectivity index (χ3v) is 5.19. The van der Waals surface area contributed by atoms with Gasteiger partial charge in [0.05, 0.1) is 7.57 Å². The van der Waals surface area contributed by atoms with Crippen molar-refractivity contribution in [3.05, 3.63) is 13.6 Å². The van der Waals surface area contributed by atoms with Gasteiger partial charge in [0.25, 0.3) is 15.2 Å². The van der Waals surface area contributed by atoms with E-state index < -0.39 is 10.0 Å². The Morgan fingerprint density at radius 2 is 2.06 bits per heavy atom. The Bertz CT molecular complexity index is 676. The first-order valence-corrected chi connectivity index (χ1v) is 8.13. The maximum absolute atomic E-state index is 11.2. The highest BCUT2D eigenvalue weighted by Gasteiger charge is 2.21. The molecule has 2 aromatic heterocycles. The zero-order valence-corrected chi connectivity index (χ0v) is 13.2. The van der Waals surface area contributed by atoms with Crippen molar-refractivity contribution in [2.45, 2.75) is 5.16 Å². The first-order chi connectivity index (χ1) is 7.80. The fourth-order valence-electron chi connectivity index (χ4n) is 1.29. The van der Waals surface area contributed by atoms with Gasteiger partial charge >= 0.3 is 0 Å². The van der Waals surface area contributed by atoms with Crippen LogP contribution in [0.3, 0.4) is 0 Å². The third kappa shape index (κ3) is 2.45. The number of nitrogens with two attached hydrogens (primary N) is 1. The number of aromatic nitrogens is 3. The van der Waals surface area contributed by atoms with E-state index >= 15 is 0 Å². The minimum absolute atomic E-state index is 0.262. The molecule has 0 bridgehead atoms. The first kappa shape index (κ1) is 13.1. The third-order valence-electron chi connectivity index (χ3n) is 1.99. The number of halogens is 2. The van der Waals surface area contributed by atoms with E-state index in [1.54, 1.807) is 7.05 Å². The molecular formula is C7H6Br2N4O2S2. The molecule has 92 valence electrons. The molecule has 2 aromatic rings. The van der Waals surface area contributed by atoms with Crippen LogP contribution in [0.4, 0.5) is 0 Å². The normalized spacial score (nSPS) is 12.0. The molecule has 2 N–H and O–H groups in total. The second-order valence-corrected chi connectivity index (χ2v) is 8.35. The Kier molecular flexibility index (Phi) is 3.42. The first-order valence-electron chi connectivity index (χ1n) is 4.18. The van der Waals surface area contributed by atoms with Crippen LogP contribution >= 0.6 is 43.2 Å². The quantitative estimate of drug-likeness (QED) is 0.829. The summed E-state index contributed by atoms with van der Waals surface area (Å²) >= 11 is 8.17. The molecule has 0 aliphatic carbocycles. The number of thiophene rings is 1. The van der Waals surface area contributed by atoms with Crippen LogP contribution < -0.4 is 5.14 Å². The summed E-state index contributed by atoms with van der Waals surface area (Å²) in [5.41, 5.74) is 0.756. The van der Waals surface area contributed by atoms with Gasteiger partial charge in [0.15, 0.2) is 5.82 Å². The predicted molar refractivity (Wildman–Crippen MR) is 71.1 cm³/mol. The minimum atomic E-state index is -3.86. The summed E-state index contributed by atoms with van der Waals surface area (Å²) < 4.78 is 25.5. The molecule has 0 saturated carbocycles. The smallest absolute Gasteiger partial charge is 0.273 e. The summed E-state index contributed by atoms with van der Waals surface area (Å²) in [6.07, 6.45) is 0. The van der Waals surface area contributed by atoms with Crippen molar-refractivity contribution in [2.24, 2.45) is 12.2 Å². The minimum Gasteiger partial charge on any atom is -0.300 e. The second-order valence-electron chi connectivity index (χ2n) is 3.15. The van der Waals surface area contributed by atoms with Gasteiger partial charge in [0, 0.05) is 12.6 Å². The summed E-state index contributed by atoms with van der Waals surface area (Å²) in [4.78, 5) is 0. The van der Waals surface area contributed by atoms with Crippen LogP contribution in [0, 0.1) is 0 Å². The fourth-order valence-corrected chi connectivity index (χ4v) is 4.70. The zero-order chi connectivity index (χ0) is 12.8. The average Bonchev–Trinajstić information content (AvgIpc) is 2.68. The molecule has 0 fully saturated rings. The van der Waals surface area contributed by atoms with Gasteiger partial charge in [-0.05, 0) is 37.9 Å². The topological polar surface area (TPSA) is 90.9 Å². The van der Waals surface area contributed by atoms with E-state index in [1.807, 2.05) is 6.07 Å². The Balaban J connectivity index is 2.63. The van der Waals surface area contributed by atoms with Gasteiger partial charge in [-0.25, -0.2) is 13.6 Å². The van der Waals surface area contributed by atoms with Crippen LogP contribution in [-0.2, 0) is 17.1 Å². The number of sulfonamides is 1. The zero-order valence-electron chi connectivity index (χ0n) is 8.39. The Labute approximate surface area is 118 Å². The van der Waals surface area contributed by atoms with Gasteiger partial charge in [-0.2, -0.15) is 0 Å². The van der Waals surface area contributed by atoms with Crippen LogP contribution in [0.1, 0.15) is 0 Å². The van der Waals surface area contributed by atoms with E-state index in [0.717, 1.165) is 13.1 Å². The molecule has 0 unspecified atom stereocenters. The van der Waals surface area contributed by atoms with Crippen molar-refractivity contribution >= 4 is 53.2 Å². The largest absolute Gasteiger partial charge is 0.300 e. The van der Waals surface area contributed by atoms with Crippen molar-refractivity contribution in [2.75, 3.05) is 0 Å². The standard InChI is InChI=1S/C7H6Br2N4O2S2/c1-13-6(3-2-4(8)16-5(3)9)11-12-7(13)17(10,14)15/h2H,1H3,(H2,10,14,15). The molecule has 0 aliphatic heterocycles. The molecule has 0 radical (unpaired) electrons. The Hall–Kier alpha value is -0.290. The van der Waals surface area contributed by atoms with Gasteiger partial charge in [-0.15, -0.1) is 21.5 Å². The molecule has 17 heavy (non-hydrogen) atoms. The molecule has 0 atom stereocenters. The molecule has 0 aromatic carbocycles. The van der Waals surface area contributed by atoms with E-state index in [1.165, 1.54) is 15.9 Å². The van der Waals surface area contributed by atoms with E-state index in [4.69, 9.17) is 5.14 Å². The fraction of sp³-hybridized carbons (Fsp3) is 0.143. The molecule has 0 aliphatic rings. The molecule has 0 spiro atoms. The number of hydrogen-bond donors (Lipinski definition) is 1. The van der Waals surface area contributed by atoms with Gasteiger partial charge < -0.3 is 0 Å². The van der Waals surface area contributed by atoms with Gasteiger partial charge in [-0.1, -0.05) is 0 Å². The number of rotatable bonds is 2. The van der Waals surface area contributed by atoms with E-state index in [2.05, 4.69) is 42.1 Å². The summed E-state index contributed by atoms with van der Waals surface area (Å²) in [6.45, 7) is 0. The van der Waals surface area contributed by atoms with E-state index in [0.29, 0.717) is 5.82 Å². The molecule has 2 rings (SSSR count). The average molecular weight is 402 g/mol. The van der Waals surface area contributed by atoms with Gasteiger partial charge in [-0.3, -0.25) is 4.57 Å². The van der Waals surface area contributed by atoms with Crippen molar-refractivity contribution < 1.29 is 8.42 Å². The molecule has 0 saturated heterocycles. The van der Waals surface area contributed by atoms with Crippen LogP contribution in [0.25, 0.3) is 11.4 Å². The maximum atomic E-state index is 11.2. The molecule has 6 nitrogen and oxygen atoms in total. The summed E-state index contributed by atoms with van der Waals surface area (Å²) in [6, 6.07) is 1.83. The Morgan fingerprint density at radius 1 is 1.41 bits per heavy atom. The van der Waals surface area contributed by atoms with Gasteiger partial charge in [0.1, 0.15) is 0 Å².